The standard InChI is InChI=1S/C23H21N3O2S/c27-21(25-19-11-10-17-8-4-5-9-18(17)14-19)15-20-22(28)26-23(29-20)24-13-12-16-6-2-1-3-7-16/h1-11,14,20H,12-13,15H2,(H,25,27)(H,24,26,28)/t20-/m0/s1. The van der Waals surface area contributed by atoms with Gasteiger partial charge in [0.25, 0.3) is 0 Å². The van der Waals surface area contributed by atoms with Crippen LogP contribution in [-0.4, -0.2) is 28.8 Å². The van der Waals surface area contributed by atoms with E-state index in [0.29, 0.717) is 11.7 Å². The van der Waals surface area contributed by atoms with Gasteiger partial charge in [0.05, 0.1) is 0 Å². The maximum atomic E-state index is 12.4. The van der Waals surface area contributed by atoms with E-state index in [-0.39, 0.29) is 18.2 Å². The molecule has 146 valence electrons. The number of carbonyl (C=O) groups excluding carboxylic acids is 2. The summed E-state index contributed by atoms with van der Waals surface area (Å²) in [5.74, 6) is -0.347. The van der Waals surface area contributed by atoms with Crippen molar-refractivity contribution in [2.75, 3.05) is 11.9 Å². The lowest BCUT2D eigenvalue weighted by Crippen LogP contribution is -2.28. The smallest absolute Gasteiger partial charge is 0.240 e. The van der Waals surface area contributed by atoms with Crippen molar-refractivity contribution in [1.29, 1.82) is 0 Å². The van der Waals surface area contributed by atoms with Crippen molar-refractivity contribution >= 4 is 45.2 Å². The highest BCUT2D eigenvalue weighted by Gasteiger charge is 2.31. The first-order valence-corrected chi connectivity index (χ1v) is 10.4. The van der Waals surface area contributed by atoms with Crippen LogP contribution in [0.4, 0.5) is 5.69 Å². The summed E-state index contributed by atoms with van der Waals surface area (Å²) in [5.41, 5.74) is 1.94. The first-order valence-electron chi connectivity index (χ1n) is 9.52. The second kappa shape index (κ2) is 8.92. The highest BCUT2D eigenvalue weighted by molar-refractivity contribution is 8.15. The molecule has 0 radical (unpaired) electrons. The highest BCUT2D eigenvalue weighted by atomic mass is 32.2. The van der Waals surface area contributed by atoms with E-state index in [4.69, 9.17) is 0 Å². The number of nitrogens with one attached hydrogen (secondary N) is 2. The van der Waals surface area contributed by atoms with Crippen LogP contribution >= 0.6 is 11.8 Å². The molecule has 0 spiro atoms. The van der Waals surface area contributed by atoms with Gasteiger partial charge in [-0.1, -0.05) is 72.4 Å². The third kappa shape index (κ3) is 5.03. The van der Waals surface area contributed by atoms with Crippen LogP contribution in [0.2, 0.25) is 0 Å². The summed E-state index contributed by atoms with van der Waals surface area (Å²) in [6.07, 6.45) is 0.926. The molecule has 6 heteroatoms. The van der Waals surface area contributed by atoms with Gasteiger partial charge in [0.1, 0.15) is 5.25 Å². The number of anilines is 1. The Labute approximate surface area is 173 Å². The largest absolute Gasteiger partial charge is 0.326 e. The average molecular weight is 404 g/mol. The third-order valence-electron chi connectivity index (χ3n) is 4.68. The van der Waals surface area contributed by atoms with Gasteiger partial charge in [-0.3, -0.25) is 14.6 Å². The summed E-state index contributed by atoms with van der Waals surface area (Å²) >= 11 is 1.32. The van der Waals surface area contributed by atoms with Gasteiger partial charge in [-0.2, -0.15) is 0 Å². The fourth-order valence-electron chi connectivity index (χ4n) is 3.19. The van der Waals surface area contributed by atoms with Crippen LogP contribution in [-0.2, 0) is 16.0 Å². The number of nitrogens with zero attached hydrogens (tertiary/aromatic N) is 1. The van der Waals surface area contributed by atoms with E-state index in [9.17, 15) is 9.59 Å². The van der Waals surface area contributed by atoms with E-state index < -0.39 is 5.25 Å². The Morgan fingerprint density at radius 1 is 1.00 bits per heavy atom. The van der Waals surface area contributed by atoms with Gasteiger partial charge in [-0.25, -0.2) is 0 Å². The van der Waals surface area contributed by atoms with Crippen LogP contribution in [0.5, 0.6) is 0 Å². The zero-order valence-electron chi connectivity index (χ0n) is 15.8. The molecule has 1 aliphatic heterocycles. The van der Waals surface area contributed by atoms with Crippen LogP contribution < -0.4 is 10.6 Å². The number of thioether (sulfide) groups is 1. The number of aliphatic imine (C=N–C) groups is 1. The summed E-state index contributed by atoms with van der Waals surface area (Å²) in [4.78, 5) is 29.1. The van der Waals surface area contributed by atoms with Crippen molar-refractivity contribution in [3.05, 3.63) is 78.4 Å². The number of rotatable bonds is 6. The Morgan fingerprint density at radius 2 is 1.76 bits per heavy atom. The Balaban J connectivity index is 1.31. The van der Waals surface area contributed by atoms with Gasteiger partial charge in [0, 0.05) is 18.7 Å². The molecule has 4 rings (SSSR count). The molecule has 1 atom stereocenters. The molecule has 2 N–H and O–H groups in total. The number of carbonyl (C=O) groups is 2. The maximum Gasteiger partial charge on any atom is 0.240 e. The topological polar surface area (TPSA) is 70.6 Å². The molecule has 3 aromatic carbocycles. The number of hydrogen-bond acceptors (Lipinski definition) is 4. The van der Waals surface area contributed by atoms with Crippen LogP contribution in [0.25, 0.3) is 10.8 Å². The Hall–Kier alpha value is -3.12. The lowest BCUT2D eigenvalue weighted by molar-refractivity contribution is -0.122. The van der Waals surface area contributed by atoms with Crippen LogP contribution in [0.15, 0.2) is 77.8 Å². The molecule has 1 aliphatic rings. The summed E-state index contributed by atoms with van der Waals surface area (Å²) in [6, 6.07) is 23.8. The minimum absolute atomic E-state index is 0.112. The Morgan fingerprint density at radius 3 is 2.59 bits per heavy atom. The molecule has 5 nitrogen and oxygen atoms in total. The van der Waals surface area contributed by atoms with Gasteiger partial charge < -0.3 is 10.6 Å². The van der Waals surface area contributed by atoms with Crippen LogP contribution in [0.3, 0.4) is 0 Å². The van der Waals surface area contributed by atoms with Crippen molar-refractivity contribution < 1.29 is 9.59 Å². The number of hydrogen-bond donors (Lipinski definition) is 2. The number of amides is 2. The lowest BCUT2D eigenvalue weighted by atomic mass is 10.1. The zero-order valence-corrected chi connectivity index (χ0v) is 16.6. The third-order valence-corrected chi connectivity index (χ3v) is 5.80. The van der Waals surface area contributed by atoms with Crippen molar-refractivity contribution in [3.63, 3.8) is 0 Å². The second-order valence-corrected chi connectivity index (χ2v) is 8.02. The minimum Gasteiger partial charge on any atom is -0.326 e. The van der Waals surface area contributed by atoms with Gasteiger partial charge >= 0.3 is 0 Å². The predicted molar refractivity (Wildman–Crippen MR) is 119 cm³/mol. The number of amidine groups is 1. The molecule has 0 unspecified atom stereocenters. The van der Waals surface area contributed by atoms with E-state index in [2.05, 4.69) is 27.8 Å². The second-order valence-electron chi connectivity index (χ2n) is 6.83. The molecule has 1 heterocycles. The molecule has 1 saturated heterocycles. The summed E-state index contributed by atoms with van der Waals surface area (Å²) in [6.45, 7) is 0.600. The quantitative estimate of drug-likeness (QED) is 0.654. The fraction of sp³-hybridized carbons (Fsp3) is 0.174. The van der Waals surface area contributed by atoms with Gasteiger partial charge in [0.2, 0.25) is 11.8 Å². The van der Waals surface area contributed by atoms with E-state index in [0.717, 1.165) is 22.9 Å². The van der Waals surface area contributed by atoms with Crippen molar-refractivity contribution in [1.82, 2.24) is 5.32 Å². The summed E-state index contributed by atoms with van der Waals surface area (Å²) in [5, 5.41) is 7.99. The fourth-order valence-corrected chi connectivity index (χ4v) is 4.19. The molecule has 0 aromatic heterocycles. The molecule has 0 aliphatic carbocycles. The van der Waals surface area contributed by atoms with Crippen molar-refractivity contribution in [3.8, 4) is 0 Å². The number of fused-ring (bicyclic) bond motifs is 1. The lowest BCUT2D eigenvalue weighted by Gasteiger charge is -2.08. The molecule has 2 amide bonds. The van der Waals surface area contributed by atoms with Gasteiger partial charge in [-0.15, -0.1) is 0 Å². The van der Waals surface area contributed by atoms with E-state index in [1.54, 1.807) is 0 Å². The molecule has 3 aromatic rings. The predicted octanol–water partition coefficient (Wildman–Crippen LogP) is 4.00. The molecule has 1 fully saturated rings. The highest BCUT2D eigenvalue weighted by Crippen LogP contribution is 2.24. The average Bonchev–Trinajstić information content (AvgIpc) is 3.07. The number of benzene rings is 3. The minimum atomic E-state index is -0.453. The Kier molecular flexibility index (Phi) is 5.91. The van der Waals surface area contributed by atoms with Crippen LogP contribution in [0.1, 0.15) is 12.0 Å². The molecule has 29 heavy (non-hydrogen) atoms. The Bertz CT molecular complexity index is 1070. The van der Waals surface area contributed by atoms with Crippen molar-refractivity contribution in [2.24, 2.45) is 4.99 Å². The zero-order chi connectivity index (χ0) is 20.1. The van der Waals surface area contributed by atoms with Crippen molar-refractivity contribution in [2.45, 2.75) is 18.1 Å². The SMILES string of the molecule is O=C(C[C@@H]1SC(=NCCc2ccccc2)NC1=O)Nc1ccc2ccccc2c1. The summed E-state index contributed by atoms with van der Waals surface area (Å²) < 4.78 is 0. The van der Waals surface area contributed by atoms with Gasteiger partial charge in [0.15, 0.2) is 5.17 Å². The molecular weight excluding hydrogens is 382 g/mol. The van der Waals surface area contributed by atoms with Crippen LogP contribution in [0, 0.1) is 0 Å². The molecular formula is C23H21N3O2S. The normalized spacial score (nSPS) is 17.4. The summed E-state index contributed by atoms with van der Waals surface area (Å²) in [7, 11) is 0. The molecule has 0 saturated carbocycles. The van der Waals surface area contributed by atoms with E-state index in [1.165, 1.54) is 17.3 Å². The van der Waals surface area contributed by atoms with Gasteiger partial charge in [-0.05, 0) is 34.9 Å². The monoisotopic (exact) mass is 403 g/mol. The molecule has 0 bridgehead atoms. The first-order chi connectivity index (χ1) is 14.2. The maximum absolute atomic E-state index is 12.4. The van der Waals surface area contributed by atoms with E-state index in [1.807, 2.05) is 60.7 Å². The van der Waals surface area contributed by atoms with E-state index >= 15 is 0 Å². The first kappa shape index (κ1) is 19.2.